The molecule has 0 atom stereocenters. The number of ether oxygens (including phenoxy) is 2. The molecule has 0 aliphatic rings. The maximum atomic E-state index is 5.61. The van der Waals surface area contributed by atoms with E-state index in [0.29, 0.717) is 18.1 Å². The van der Waals surface area contributed by atoms with E-state index in [4.69, 9.17) is 15.2 Å². The average molecular weight is 346 g/mol. The molecule has 0 saturated carbocycles. The van der Waals surface area contributed by atoms with Crippen LogP contribution in [-0.2, 0) is 0 Å². The van der Waals surface area contributed by atoms with Crippen molar-refractivity contribution in [1.29, 1.82) is 0 Å². The van der Waals surface area contributed by atoms with Crippen LogP contribution in [0.2, 0.25) is 0 Å². The summed E-state index contributed by atoms with van der Waals surface area (Å²) in [6.07, 6.45) is 2.54. The van der Waals surface area contributed by atoms with E-state index in [2.05, 4.69) is 38.7 Å². The van der Waals surface area contributed by atoms with E-state index in [1.165, 1.54) is 0 Å². The predicted molar refractivity (Wildman–Crippen MR) is 84.4 cm³/mol. The Balaban J connectivity index is 2.71. The first-order valence-electron chi connectivity index (χ1n) is 5.62. The molecule has 0 heterocycles. The molecule has 1 rings (SSSR count). The highest BCUT2D eigenvalue weighted by Crippen LogP contribution is 2.27. The lowest BCUT2D eigenvalue weighted by atomic mass is 10.2. The highest BCUT2D eigenvalue weighted by molar-refractivity contribution is 9.09. The Labute approximate surface area is 126 Å². The third kappa shape index (κ3) is 5.89. The van der Waals surface area contributed by atoms with Gasteiger partial charge in [-0.1, -0.05) is 15.9 Å². The summed E-state index contributed by atoms with van der Waals surface area (Å²) in [5, 5.41) is 4.91. The quantitative estimate of drug-likeness (QED) is 0.260. The van der Waals surface area contributed by atoms with Crippen molar-refractivity contribution in [1.82, 2.24) is 5.43 Å². The molecule has 0 amide bonds. The van der Waals surface area contributed by atoms with Crippen molar-refractivity contribution in [3.63, 3.8) is 0 Å². The van der Waals surface area contributed by atoms with E-state index < -0.39 is 0 Å². The van der Waals surface area contributed by atoms with E-state index in [0.717, 1.165) is 17.3 Å². The number of nitrogens with zero attached hydrogens (tertiary/aromatic N) is 1. The number of thiocarbonyl (C=S) groups is 1. The molecule has 0 radical (unpaired) electrons. The summed E-state index contributed by atoms with van der Waals surface area (Å²) in [6, 6.07) is 5.54. The zero-order valence-electron chi connectivity index (χ0n) is 10.6. The molecule has 0 unspecified atom stereocenters. The number of nitrogens with one attached hydrogen (secondary N) is 1. The van der Waals surface area contributed by atoms with Gasteiger partial charge in [0, 0.05) is 5.33 Å². The van der Waals surface area contributed by atoms with Gasteiger partial charge in [-0.05, 0) is 42.4 Å². The number of hydrazone groups is 1. The van der Waals surface area contributed by atoms with Gasteiger partial charge in [0.25, 0.3) is 0 Å². The molecule has 5 nitrogen and oxygen atoms in total. The summed E-state index contributed by atoms with van der Waals surface area (Å²) in [7, 11) is 1.60. The third-order valence-electron chi connectivity index (χ3n) is 2.11. The standard InChI is InChI=1S/C12H16BrN3O2S/c1-17-11-7-9(8-15-16-12(14)19)3-4-10(11)18-6-2-5-13/h3-4,7-8H,2,5-6H2,1H3,(H3,14,16,19). The molecule has 3 N–H and O–H groups in total. The lowest BCUT2D eigenvalue weighted by Crippen LogP contribution is -2.23. The fourth-order valence-electron chi connectivity index (χ4n) is 1.29. The fraction of sp³-hybridized carbons (Fsp3) is 0.333. The molecule has 1 aromatic carbocycles. The van der Waals surface area contributed by atoms with E-state index in [9.17, 15) is 0 Å². The van der Waals surface area contributed by atoms with Crippen LogP contribution >= 0.6 is 28.1 Å². The monoisotopic (exact) mass is 345 g/mol. The van der Waals surface area contributed by atoms with Gasteiger partial charge in [-0.2, -0.15) is 5.10 Å². The van der Waals surface area contributed by atoms with Gasteiger partial charge in [-0.3, -0.25) is 5.43 Å². The number of methoxy groups -OCH3 is 1. The first kappa shape index (κ1) is 15.7. The highest BCUT2D eigenvalue weighted by atomic mass is 79.9. The fourth-order valence-corrected chi connectivity index (χ4v) is 1.57. The number of nitrogens with two attached hydrogens (primary N) is 1. The second kappa shape index (κ2) is 8.71. The smallest absolute Gasteiger partial charge is 0.184 e. The minimum Gasteiger partial charge on any atom is -0.493 e. The van der Waals surface area contributed by atoms with Gasteiger partial charge in [-0.15, -0.1) is 0 Å². The van der Waals surface area contributed by atoms with Gasteiger partial charge in [0.2, 0.25) is 0 Å². The van der Waals surface area contributed by atoms with Crippen LogP contribution in [0.4, 0.5) is 0 Å². The second-order valence-electron chi connectivity index (χ2n) is 3.54. The van der Waals surface area contributed by atoms with Crippen LogP contribution in [0.1, 0.15) is 12.0 Å². The lowest BCUT2D eigenvalue weighted by molar-refractivity contribution is 0.295. The molecule has 0 aromatic heterocycles. The second-order valence-corrected chi connectivity index (χ2v) is 4.77. The Bertz CT molecular complexity index is 455. The molecular formula is C12H16BrN3O2S. The zero-order chi connectivity index (χ0) is 14.1. The summed E-state index contributed by atoms with van der Waals surface area (Å²) in [6.45, 7) is 0.637. The molecule has 1 aromatic rings. The number of hydrogen-bond donors (Lipinski definition) is 2. The van der Waals surface area contributed by atoms with E-state index in [1.807, 2.05) is 18.2 Å². The van der Waals surface area contributed by atoms with Crippen LogP contribution in [0.3, 0.4) is 0 Å². The molecule has 104 valence electrons. The van der Waals surface area contributed by atoms with Crippen molar-refractivity contribution in [2.45, 2.75) is 6.42 Å². The van der Waals surface area contributed by atoms with E-state index in [1.54, 1.807) is 13.3 Å². The summed E-state index contributed by atoms with van der Waals surface area (Å²) in [5.74, 6) is 1.37. The molecule has 0 aliphatic heterocycles. The summed E-state index contributed by atoms with van der Waals surface area (Å²) in [4.78, 5) is 0. The van der Waals surface area contributed by atoms with Crippen molar-refractivity contribution < 1.29 is 9.47 Å². The maximum Gasteiger partial charge on any atom is 0.184 e. The van der Waals surface area contributed by atoms with Gasteiger partial charge in [0.15, 0.2) is 16.6 Å². The first-order valence-corrected chi connectivity index (χ1v) is 7.15. The Morgan fingerprint density at radius 1 is 1.53 bits per heavy atom. The van der Waals surface area contributed by atoms with Crippen molar-refractivity contribution in [3.8, 4) is 11.5 Å². The molecule has 0 fully saturated rings. The number of rotatable bonds is 7. The molecule has 0 bridgehead atoms. The molecule has 0 spiro atoms. The molecular weight excluding hydrogens is 330 g/mol. The highest BCUT2D eigenvalue weighted by Gasteiger charge is 2.04. The summed E-state index contributed by atoms with van der Waals surface area (Å²) < 4.78 is 10.9. The largest absolute Gasteiger partial charge is 0.493 e. The number of halogens is 1. The third-order valence-corrected chi connectivity index (χ3v) is 2.76. The number of hydrogen-bond acceptors (Lipinski definition) is 4. The molecule has 0 aliphatic carbocycles. The normalized spacial score (nSPS) is 10.4. The maximum absolute atomic E-state index is 5.61. The number of benzene rings is 1. The average Bonchev–Trinajstić information content (AvgIpc) is 2.39. The Hall–Kier alpha value is -1.34. The number of alkyl halides is 1. The van der Waals surface area contributed by atoms with E-state index >= 15 is 0 Å². The molecule has 7 heteroatoms. The summed E-state index contributed by atoms with van der Waals surface area (Å²) in [5.41, 5.74) is 8.61. The van der Waals surface area contributed by atoms with Crippen LogP contribution < -0.4 is 20.6 Å². The van der Waals surface area contributed by atoms with Crippen LogP contribution in [0.15, 0.2) is 23.3 Å². The zero-order valence-corrected chi connectivity index (χ0v) is 13.0. The minimum absolute atomic E-state index is 0.123. The van der Waals surface area contributed by atoms with Gasteiger partial charge in [0.1, 0.15) is 0 Å². The van der Waals surface area contributed by atoms with Gasteiger partial charge in [0.05, 0.1) is 19.9 Å². The van der Waals surface area contributed by atoms with Crippen LogP contribution in [-0.4, -0.2) is 30.4 Å². The van der Waals surface area contributed by atoms with Crippen LogP contribution in [0.25, 0.3) is 0 Å². The van der Waals surface area contributed by atoms with Crippen LogP contribution in [0.5, 0.6) is 11.5 Å². The van der Waals surface area contributed by atoms with Gasteiger partial charge >= 0.3 is 0 Å². The Kier molecular flexibility index (Phi) is 7.20. The SMILES string of the molecule is COc1cc(C=NNC(N)=S)ccc1OCCCBr. The van der Waals surface area contributed by atoms with Crippen molar-refractivity contribution in [3.05, 3.63) is 23.8 Å². The van der Waals surface area contributed by atoms with E-state index in [-0.39, 0.29) is 5.11 Å². The molecule has 19 heavy (non-hydrogen) atoms. The van der Waals surface area contributed by atoms with Crippen molar-refractivity contribution in [2.24, 2.45) is 10.8 Å². The van der Waals surface area contributed by atoms with Crippen molar-refractivity contribution >= 4 is 39.5 Å². The minimum atomic E-state index is 0.123. The van der Waals surface area contributed by atoms with Crippen LogP contribution in [0, 0.1) is 0 Å². The topological polar surface area (TPSA) is 68.9 Å². The predicted octanol–water partition coefficient (Wildman–Crippen LogP) is 2.03. The first-order chi connectivity index (χ1) is 9.17. The van der Waals surface area contributed by atoms with Gasteiger partial charge < -0.3 is 15.2 Å². The van der Waals surface area contributed by atoms with Crippen molar-refractivity contribution in [2.75, 3.05) is 19.0 Å². The molecule has 0 saturated heterocycles. The Morgan fingerprint density at radius 2 is 2.32 bits per heavy atom. The Morgan fingerprint density at radius 3 is 2.95 bits per heavy atom. The summed E-state index contributed by atoms with van der Waals surface area (Å²) >= 11 is 8.00. The van der Waals surface area contributed by atoms with Gasteiger partial charge in [-0.25, -0.2) is 0 Å². The lowest BCUT2D eigenvalue weighted by Gasteiger charge is -2.10.